The van der Waals surface area contributed by atoms with E-state index in [4.69, 9.17) is 4.42 Å². The van der Waals surface area contributed by atoms with Crippen molar-refractivity contribution in [3.63, 3.8) is 0 Å². The highest BCUT2D eigenvalue weighted by Crippen LogP contribution is 2.18. The Morgan fingerprint density at radius 3 is 2.50 bits per heavy atom. The molecule has 116 valence electrons. The van der Waals surface area contributed by atoms with Crippen LogP contribution in [0.4, 0.5) is 0 Å². The first-order valence-electron chi connectivity index (χ1n) is 5.89. The molecule has 0 aromatic carbocycles. The lowest BCUT2D eigenvalue weighted by Crippen LogP contribution is -2.26. The van der Waals surface area contributed by atoms with Gasteiger partial charge in [0.15, 0.2) is 0 Å². The maximum absolute atomic E-state index is 11.9. The third kappa shape index (κ3) is 4.78. The summed E-state index contributed by atoms with van der Waals surface area (Å²) in [6.07, 6.45) is 0.792. The number of sulfonamides is 1. The smallest absolute Gasteiger partial charge is 0.273 e. The fraction of sp³-hybridized carbons (Fsp3) is 0.545. The second kappa shape index (κ2) is 8.25. The van der Waals surface area contributed by atoms with Gasteiger partial charge in [0.25, 0.3) is 15.9 Å². The normalized spacial score (nSPS) is 10.9. The molecule has 0 saturated carbocycles. The van der Waals surface area contributed by atoms with Crippen molar-refractivity contribution in [1.82, 2.24) is 15.4 Å². The lowest BCUT2D eigenvalue weighted by Gasteiger charge is -2.03. The quantitative estimate of drug-likeness (QED) is 0.624. The van der Waals surface area contributed by atoms with E-state index in [1.807, 2.05) is 7.05 Å². The average molecular weight is 326 g/mol. The van der Waals surface area contributed by atoms with Crippen LogP contribution in [0.5, 0.6) is 0 Å². The summed E-state index contributed by atoms with van der Waals surface area (Å²) in [5.74, 6) is -0.0603. The van der Waals surface area contributed by atoms with Crippen molar-refractivity contribution in [1.29, 1.82) is 0 Å². The number of carbonyl (C=O) groups excluding carboxylic acids is 1. The summed E-state index contributed by atoms with van der Waals surface area (Å²) in [6.45, 7) is 2.86. The van der Waals surface area contributed by atoms with Crippen LogP contribution >= 0.6 is 12.4 Å². The van der Waals surface area contributed by atoms with Gasteiger partial charge in [-0.25, -0.2) is 13.1 Å². The van der Waals surface area contributed by atoms with Crippen LogP contribution in [0.2, 0.25) is 0 Å². The summed E-state index contributed by atoms with van der Waals surface area (Å²) < 4.78 is 30.3. The predicted molar refractivity (Wildman–Crippen MR) is 77.8 cm³/mol. The van der Waals surface area contributed by atoms with Gasteiger partial charge in [-0.3, -0.25) is 4.79 Å². The predicted octanol–water partition coefficient (Wildman–Crippen LogP) is 0.257. The Morgan fingerprint density at radius 2 is 1.95 bits per heavy atom. The molecule has 0 fully saturated rings. The SMILES string of the molecule is CNCCCNC(=O)c1cc(S(=O)(=O)NC)oc1C.Cl. The lowest BCUT2D eigenvalue weighted by atomic mass is 10.2. The van der Waals surface area contributed by atoms with Crippen molar-refractivity contribution in [2.75, 3.05) is 27.2 Å². The minimum Gasteiger partial charge on any atom is -0.448 e. The topological polar surface area (TPSA) is 100 Å². The molecular formula is C11H20ClN3O4S. The standard InChI is InChI=1S/C11H19N3O4S.ClH/c1-8-9(11(15)14-6-4-5-12-2)7-10(18-8)19(16,17)13-3;/h7,12-13H,4-6H2,1-3H3,(H,14,15);1H. The molecule has 1 aromatic rings. The summed E-state index contributed by atoms with van der Waals surface area (Å²) in [6, 6.07) is 1.23. The van der Waals surface area contributed by atoms with Gasteiger partial charge < -0.3 is 15.1 Å². The second-order valence-electron chi connectivity index (χ2n) is 3.96. The minimum atomic E-state index is -3.67. The van der Waals surface area contributed by atoms with E-state index in [9.17, 15) is 13.2 Å². The van der Waals surface area contributed by atoms with Gasteiger partial charge in [0.2, 0.25) is 5.09 Å². The Kier molecular flexibility index (Phi) is 7.80. The van der Waals surface area contributed by atoms with Gasteiger partial charge >= 0.3 is 0 Å². The molecule has 0 saturated heterocycles. The van der Waals surface area contributed by atoms with E-state index in [2.05, 4.69) is 15.4 Å². The maximum Gasteiger partial charge on any atom is 0.273 e. The molecule has 0 spiro atoms. The van der Waals surface area contributed by atoms with E-state index in [1.54, 1.807) is 6.92 Å². The number of furan rings is 1. The molecular weight excluding hydrogens is 306 g/mol. The molecule has 0 radical (unpaired) electrons. The van der Waals surface area contributed by atoms with Gasteiger partial charge in [-0.1, -0.05) is 0 Å². The summed E-state index contributed by atoms with van der Waals surface area (Å²) in [4.78, 5) is 11.9. The number of halogens is 1. The second-order valence-corrected chi connectivity index (χ2v) is 5.77. The van der Waals surface area contributed by atoms with Crippen LogP contribution in [0, 0.1) is 6.92 Å². The van der Waals surface area contributed by atoms with Crippen molar-refractivity contribution in [2.45, 2.75) is 18.4 Å². The number of hydrogen-bond donors (Lipinski definition) is 3. The van der Waals surface area contributed by atoms with Gasteiger partial charge in [0.1, 0.15) is 5.76 Å². The van der Waals surface area contributed by atoms with E-state index >= 15 is 0 Å². The van der Waals surface area contributed by atoms with Gasteiger partial charge in [-0.05, 0) is 34.0 Å². The summed E-state index contributed by atoms with van der Waals surface area (Å²) in [5, 5.41) is 5.41. The largest absolute Gasteiger partial charge is 0.448 e. The van der Waals surface area contributed by atoms with Crippen molar-refractivity contribution in [2.24, 2.45) is 0 Å². The molecule has 0 aliphatic rings. The van der Waals surface area contributed by atoms with Crippen LogP contribution in [-0.2, 0) is 10.0 Å². The van der Waals surface area contributed by atoms with Gasteiger partial charge in [-0.15, -0.1) is 12.4 Å². The Balaban J connectivity index is 0.00000361. The Bertz CT molecular complexity index is 542. The lowest BCUT2D eigenvalue weighted by molar-refractivity contribution is 0.0951. The number of nitrogens with one attached hydrogen (secondary N) is 3. The number of amides is 1. The van der Waals surface area contributed by atoms with Crippen LogP contribution in [0.15, 0.2) is 15.6 Å². The number of carbonyl (C=O) groups is 1. The Labute approximate surface area is 125 Å². The van der Waals surface area contributed by atoms with E-state index in [1.165, 1.54) is 13.1 Å². The first kappa shape index (κ1) is 18.9. The highest BCUT2D eigenvalue weighted by molar-refractivity contribution is 7.89. The first-order chi connectivity index (χ1) is 8.92. The molecule has 1 aromatic heterocycles. The van der Waals surface area contributed by atoms with E-state index in [-0.39, 0.29) is 34.7 Å². The minimum absolute atomic E-state index is 0. The monoisotopic (exact) mass is 325 g/mol. The molecule has 0 atom stereocenters. The van der Waals surface area contributed by atoms with Crippen LogP contribution in [0.1, 0.15) is 22.5 Å². The van der Waals surface area contributed by atoms with Crippen LogP contribution in [0.25, 0.3) is 0 Å². The highest BCUT2D eigenvalue weighted by Gasteiger charge is 2.22. The highest BCUT2D eigenvalue weighted by atomic mass is 35.5. The molecule has 0 unspecified atom stereocenters. The molecule has 0 aliphatic carbocycles. The van der Waals surface area contributed by atoms with Crippen molar-refractivity contribution >= 4 is 28.3 Å². The molecule has 0 aliphatic heterocycles. The molecule has 1 heterocycles. The fourth-order valence-electron chi connectivity index (χ4n) is 1.48. The molecule has 20 heavy (non-hydrogen) atoms. The van der Waals surface area contributed by atoms with Crippen molar-refractivity contribution in [3.8, 4) is 0 Å². The number of hydrogen-bond acceptors (Lipinski definition) is 5. The third-order valence-electron chi connectivity index (χ3n) is 2.56. The van der Waals surface area contributed by atoms with E-state index in [0.29, 0.717) is 6.54 Å². The van der Waals surface area contributed by atoms with Crippen LogP contribution < -0.4 is 15.4 Å². The molecule has 1 amide bonds. The first-order valence-corrected chi connectivity index (χ1v) is 7.37. The van der Waals surface area contributed by atoms with E-state index in [0.717, 1.165) is 13.0 Å². The van der Waals surface area contributed by atoms with Gasteiger partial charge in [-0.2, -0.15) is 0 Å². The van der Waals surface area contributed by atoms with Crippen molar-refractivity contribution in [3.05, 3.63) is 17.4 Å². The summed E-state index contributed by atoms with van der Waals surface area (Å²) >= 11 is 0. The molecule has 1 rings (SSSR count). The number of rotatable bonds is 7. The van der Waals surface area contributed by atoms with Crippen LogP contribution in [-0.4, -0.2) is 41.5 Å². The zero-order valence-electron chi connectivity index (χ0n) is 11.6. The third-order valence-corrected chi connectivity index (χ3v) is 3.83. The maximum atomic E-state index is 11.9. The fourth-order valence-corrected chi connectivity index (χ4v) is 2.18. The molecule has 9 heteroatoms. The Morgan fingerprint density at radius 1 is 1.30 bits per heavy atom. The molecule has 0 bridgehead atoms. The number of aryl methyl sites for hydroxylation is 1. The average Bonchev–Trinajstić information content (AvgIpc) is 2.77. The van der Waals surface area contributed by atoms with Gasteiger partial charge in [0, 0.05) is 12.6 Å². The molecule has 7 nitrogen and oxygen atoms in total. The zero-order valence-corrected chi connectivity index (χ0v) is 13.3. The van der Waals surface area contributed by atoms with Crippen LogP contribution in [0.3, 0.4) is 0 Å². The molecule has 3 N–H and O–H groups in total. The van der Waals surface area contributed by atoms with E-state index < -0.39 is 10.0 Å². The van der Waals surface area contributed by atoms with Gasteiger partial charge in [0.05, 0.1) is 5.56 Å². The summed E-state index contributed by atoms with van der Waals surface area (Å²) in [5.41, 5.74) is 0.235. The zero-order chi connectivity index (χ0) is 14.5. The summed E-state index contributed by atoms with van der Waals surface area (Å²) in [7, 11) is -0.556. The van der Waals surface area contributed by atoms with Crippen molar-refractivity contribution < 1.29 is 17.6 Å². The Hall–Kier alpha value is -1.09.